The normalized spacial score (nSPS) is 19.8. The Kier molecular flexibility index (Phi) is 6.09. The van der Waals surface area contributed by atoms with Crippen LogP contribution < -0.4 is 10.5 Å². The molecule has 0 spiro atoms. The van der Waals surface area contributed by atoms with Crippen LogP contribution in [0.2, 0.25) is 5.02 Å². The molecule has 1 saturated heterocycles. The van der Waals surface area contributed by atoms with E-state index in [0.29, 0.717) is 17.3 Å². The van der Waals surface area contributed by atoms with Gasteiger partial charge in [0.2, 0.25) is 11.8 Å². The van der Waals surface area contributed by atoms with Gasteiger partial charge >= 0.3 is 0 Å². The summed E-state index contributed by atoms with van der Waals surface area (Å²) >= 11 is 5.90. The monoisotopic (exact) mass is 421 g/mol. The van der Waals surface area contributed by atoms with Gasteiger partial charge in [0.05, 0.1) is 19.6 Å². The van der Waals surface area contributed by atoms with E-state index in [2.05, 4.69) is 10.1 Å². The molecule has 0 bridgehead atoms. The number of hydrogen-bond acceptors (Lipinski definition) is 6. The summed E-state index contributed by atoms with van der Waals surface area (Å²) < 4.78 is 13.3. The Balaban J connectivity index is 1.77. The largest absolute Gasteiger partial charge is 0.490 e. The van der Waals surface area contributed by atoms with Crippen LogP contribution >= 0.6 is 11.6 Å². The maximum Gasteiger partial charge on any atom is 0.250 e. The van der Waals surface area contributed by atoms with Crippen LogP contribution in [0.3, 0.4) is 0 Å². The van der Waals surface area contributed by atoms with Gasteiger partial charge in [0.15, 0.2) is 0 Å². The zero-order valence-electron chi connectivity index (χ0n) is 16.4. The number of nitrogens with two attached hydrogens (primary N) is 1. The lowest BCUT2D eigenvalue weighted by Gasteiger charge is -2.44. The Morgan fingerprint density at radius 1 is 1.34 bits per heavy atom. The van der Waals surface area contributed by atoms with Gasteiger partial charge in [0, 0.05) is 11.6 Å². The molecule has 3 rings (SSSR count). The minimum Gasteiger partial charge on any atom is -0.490 e. The second-order valence-electron chi connectivity index (χ2n) is 7.54. The van der Waals surface area contributed by atoms with E-state index in [4.69, 9.17) is 26.8 Å². The number of carbonyl (C=O) groups is 2. The number of nitrogens with zero attached hydrogens (tertiary/aromatic N) is 4. The van der Waals surface area contributed by atoms with E-state index in [1.54, 1.807) is 43.0 Å². The second kappa shape index (κ2) is 8.38. The minimum atomic E-state index is -1.04. The Morgan fingerprint density at radius 3 is 2.69 bits per heavy atom. The van der Waals surface area contributed by atoms with E-state index in [1.807, 2.05) is 0 Å². The molecule has 156 valence electrons. The minimum absolute atomic E-state index is 0.0606. The number of carbonyl (C=O) groups excluding carboxylic acids is 2. The van der Waals surface area contributed by atoms with Gasteiger partial charge in [-0.3, -0.25) is 9.59 Å². The first-order valence-corrected chi connectivity index (χ1v) is 9.55. The molecule has 29 heavy (non-hydrogen) atoms. The summed E-state index contributed by atoms with van der Waals surface area (Å²) in [6.07, 6.45) is 2.80. The third kappa shape index (κ3) is 4.86. The number of aromatic nitrogens is 3. The Labute approximate surface area is 173 Å². The molecule has 2 heterocycles. The molecule has 1 aliphatic heterocycles. The molecule has 0 radical (unpaired) electrons. The number of ether oxygens (including phenoxy) is 2. The van der Waals surface area contributed by atoms with Gasteiger partial charge < -0.3 is 20.1 Å². The highest BCUT2D eigenvalue weighted by atomic mass is 35.5. The average molecular weight is 422 g/mol. The number of halogens is 1. The highest BCUT2D eigenvalue weighted by Gasteiger charge is 2.44. The summed E-state index contributed by atoms with van der Waals surface area (Å²) in [6.45, 7) is 4.40. The fraction of sp³-hybridized carbons (Fsp3) is 0.474. The predicted molar refractivity (Wildman–Crippen MR) is 105 cm³/mol. The lowest BCUT2D eigenvalue weighted by molar-refractivity contribution is -0.167. The van der Waals surface area contributed by atoms with Crippen LogP contribution in [0.25, 0.3) is 0 Å². The molecule has 10 heteroatoms. The van der Waals surface area contributed by atoms with Crippen molar-refractivity contribution in [2.24, 2.45) is 5.73 Å². The van der Waals surface area contributed by atoms with Crippen molar-refractivity contribution in [1.82, 2.24) is 19.7 Å². The van der Waals surface area contributed by atoms with Crippen LogP contribution in [0.15, 0.2) is 36.9 Å². The molecule has 9 nitrogen and oxygen atoms in total. The van der Waals surface area contributed by atoms with Crippen LogP contribution in [0, 0.1) is 0 Å². The van der Waals surface area contributed by atoms with Gasteiger partial charge in [-0.2, -0.15) is 5.10 Å². The van der Waals surface area contributed by atoms with Gasteiger partial charge in [-0.05, 0) is 38.1 Å². The Bertz CT molecular complexity index is 856. The molecule has 1 aliphatic rings. The zero-order chi connectivity index (χ0) is 21.1. The molecule has 1 fully saturated rings. The third-order valence-electron chi connectivity index (χ3n) is 4.86. The molecule has 2 amide bonds. The number of primary amides is 1. The molecule has 1 aromatic heterocycles. The van der Waals surface area contributed by atoms with Crippen LogP contribution in [0.4, 0.5) is 0 Å². The average Bonchev–Trinajstić information content (AvgIpc) is 3.22. The van der Waals surface area contributed by atoms with Crippen molar-refractivity contribution >= 4 is 23.4 Å². The van der Waals surface area contributed by atoms with Gasteiger partial charge in [-0.1, -0.05) is 11.6 Å². The molecule has 1 unspecified atom stereocenters. The van der Waals surface area contributed by atoms with Crippen molar-refractivity contribution in [3.63, 3.8) is 0 Å². The fourth-order valence-electron chi connectivity index (χ4n) is 3.31. The first-order valence-electron chi connectivity index (χ1n) is 9.17. The number of amides is 2. The first-order chi connectivity index (χ1) is 13.7. The predicted octanol–water partition coefficient (Wildman–Crippen LogP) is 1.22. The molecule has 1 aromatic carbocycles. The fourth-order valence-corrected chi connectivity index (χ4v) is 3.43. The van der Waals surface area contributed by atoms with Crippen molar-refractivity contribution in [2.75, 3.05) is 26.3 Å². The van der Waals surface area contributed by atoms with Crippen molar-refractivity contribution in [3.05, 3.63) is 41.9 Å². The third-order valence-corrected chi connectivity index (χ3v) is 5.11. The molecule has 1 atom stereocenters. The molecular formula is C19H24ClN5O4. The van der Waals surface area contributed by atoms with E-state index in [9.17, 15) is 9.59 Å². The standard InChI is InChI=1S/C19H24ClN5O4/c1-18(2,25-13-22-12-23-25)17(27)24-7-8-29-19(10-24,9-16(21)26)11-28-15-5-3-14(20)4-6-15/h3-6,12-13H,7-11H2,1-2H3,(H2,21,26). The van der Waals surface area contributed by atoms with Crippen LogP contribution in [0.1, 0.15) is 20.3 Å². The lowest BCUT2D eigenvalue weighted by Crippen LogP contribution is -2.60. The van der Waals surface area contributed by atoms with Gasteiger partial charge in [0.25, 0.3) is 0 Å². The van der Waals surface area contributed by atoms with Gasteiger partial charge in [-0.15, -0.1) is 0 Å². The Morgan fingerprint density at radius 2 is 2.07 bits per heavy atom. The van der Waals surface area contributed by atoms with E-state index >= 15 is 0 Å². The summed E-state index contributed by atoms with van der Waals surface area (Å²) in [5.74, 6) is -0.116. The van der Waals surface area contributed by atoms with E-state index in [0.717, 1.165) is 0 Å². The summed E-state index contributed by atoms with van der Waals surface area (Å²) in [4.78, 5) is 30.5. The van der Waals surface area contributed by atoms with Gasteiger partial charge in [-0.25, -0.2) is 9.67 Å². The SMILES string of the molecule is CC(C)(C(=O)N1CCOC(COc2ccc(Cl)cc2)(CC(N)=O)C1)n1cncn1. The summed E-state index contributed by atoms with van der Waals surface area (Å²) in [5, 5.41) is 4.68. The maximum absolute atomic E-state index is 13.2. The van der Waals surface area contributed by atoms with Crippen LogP contribution in [-0.2, 0) is 19.9 Å². The number of hydrogen-bond donors (Lipinski definition) is 1. The lowest BCUT2D eigenvalue weighted by atomic mass is 9.95. The second-order valence-corrected chi connectivity index (χ2v) is 7.98. The molecule has 0 aliphatic carbocycles. The molecule has 2 N–H and O–H groups in total. The molecule has 2 aromatic rings. The number of rotatable bonds is 7. The van der Waals surface area contributed by atoms with E-state index in [1.165, 1.54) is 17.3 Å². The van der Waals surface area contributed by atoms with Crippen LogP contribution in [0.5, 0.6) is 5.75 Å². The molecule has 0 saturated carbocycles. The van der Waals surface area contributed by atoms with Crippen molar-refractivity contribution in [1.29, 1.82) is 0 Å². The van der Waals surface area contributed by atoms with Crippen molar-refractivity contribution in [2.45, 2.75) is 31.4 Å². The molecular weight excluding hydrogens is 398 g/mol. The maximum atomic E-state index is 13.2. The topological polar surface area (TPSA) is 113 Å². The zero-order valence-corrected chi connectivity index (χ0v) is 17.1. The van der Waals surface area contributed by atoms with Crippen molar-refractivity contribution in [3.8, 4) is 5.75 Å². The van der Waals surface area contributed by atoms with Crippen molar-refractivity contribution < 1.29 is 19.1 Å². The summed E-state index contributed by atoms with van der Waals surface area (Å²) in [5.41, 5.74) is 3.48. The van der Waals surface area contributed by atoms with Gasteiger partial charge in [0.1, 0.15) is 36.2 Å². The number of benzene rings is 1. The highest BCUT2D eigenvalue weighted by Crippen LogP contribution is 2.27. The smallest absolute Gasteiger partial charge is 0.250 e. The first kappa shape index (κ1) is 21.1. The van der Waals surface area contributed by atoms with E-state index < -0.39 is 17.0 Å². The van der Waals surface area contributed by atoms with Crippen LogP contribution in [-0.4, -0.2) is 63.4 Å². The number of morpholine rings is 1. The Hall–Kier alpha value is -2.65. The summed E-state index contributed by atoms with van der Waals surface area (Å²) in [7, 11) is 0. The summed E-state index contributed by atoms with van der Waals surface area (Å²) in [6, 6.07) is 6.85. The quantitative estimate of drug-likeness (QED) is 0.719. The highest BCUT2D eigenvalue weighted by molar-refractivity contribution is 6.30. The van der Waals surface area contributed by atoms with E-state index in [-0.39, 0.29) is 32.1 Å².